The normalized spacial score (nSPS) is 10.7. The summed E-state index contributed by atoms with van der Waals surface area (Å²) in [4.78, 5) is 17.0. The summed E-state index contributed by atoms with van der Waals surface area (Å²) in [6, 6.07) is 5.62. The van der Waals surface area contributed by atoms with Gasteiger partial charge in [0.2, 0.25) is 5.82 Å². The molecule has 0 fully saturated rings. The predicted octanol–water partition coefficient (Wildman–Crippen LogP) is 1.41. The van der Waals surface area contributed by atoms with Gasteiger partial charge in [0, 0.05) is 14.1 Å². The molecule has 2 aromatic rings. The smallest absolute Gasteiger partial charge is 0.372 e. The molecule has 0 saturated carbocycles. The molecule has 0 spiro atoms. The molecule has 0 aromatic carbocycles. The van der Waals surface area contributed by atoms with Gasteiger partial charge in [0.1, 0.15) is 5.82 Å². The van der Waals surface area contributed by atoms with E-state index in [0.29, 0.717) is 0 Å². The molecule has 1 N–H and O–H groups in total. The maximum Gasteiger partial charge on any atom is 0.372 e. The van der Waals surface area contributed by atoms with Crippen LogP contribution >= 0.6 is 0 Å². The summed E-state index contributed by atoms with van der Waals surface area (Å²) >= 11 is 0. The van der Waals surface area contributed by atoms with Crippen molar-refractivity contribution in [3.8, 4) is 0 Å². The number of carbonyl (C=O) groups is 1. The number of aromatic nitrogens is 2. The highest BCUT2D eigenvalue weighted by molar-refractivity contribution is 5.86. The molecule has 2 heterocycles. The molecule has 16 heavy (non-hydrogen) atoms. The Balaban J connectivity index is 2.88. The Kier molecular flexibility index (Phi) is 2.30. The van der Waals surface area contributed by atoms with Crippen LogP contribution in [-0.2, 0) is 0 Å². The number of imidazole rings is 1. The molecular weight excluding hydrogens is 206 g/mol. The summed E-state index contributed by atoms with van der Waals surface area (Å²) in [5.74, 6) is -0.162. The minimum Gasteiger partial charge on any atom is -0.475 e. The minimum absolute atomic E-state index is 0.0526. The van der Waals surface area contributed by atoms with Crippen molar-refractivity contribution in [2.45, 2.75) is 6.92 Å². The van der Waals surface area contributed by atoms with Crippen molar-refractivity contribution in [2.75, 3.05) is 19.0 Å². The fourth-order valence-electron chi connectivity index (χ4n) is 1.76. The number of anilines is 1. The van der Waals surface area contributed by atoms with Gasteiger partial charge in [0.25, 0.3) is 0 Å². The van der Waals surface area contributed by atoms with E-state index in [1.165, 1.54) is 0 Å². The third-order valence-electron chi connectivity index (χ3n) is 2.47. The number of carboxylic acids is 1. The highest BCUT2D eigenvalue weighted by Gasteiger charge is 2.17. The molecule has 0 atom stereocenters. The molecule has 0 unspecified atom stereocenters. The van der Waals surface area contributed by atoms with E-state index in [1.54, 1.807) is 11.3 Å². The van der Waals surface area contributed by atoms with Gasteiger partial charge in [-0.3, -0.25) is 4.40 Å². The molecule has 0 aliphatic carbocycles. The summed E-state index contributed by atoms with van der Waals surface area (Å²) in [7, 11) is 3.74. The summed E-state index contributed by atoms with van der Waals surface area (Å²) in [6.07, 6.45) is 0. The second kappa shape index (κ2) is 3.52. The number of nitrogens with zero attached hydrogens (tertiary/aromatic N) is 3. The summed E-state index contributed by atoms with van der Waals surface area (Å²) in [5.41, 5.74) is 1.55. The Hall–Kier alpha value is -2.04. The Labute approximate surface area is 92.9 Å². The molecule has 2 aromatic heterocycles. The number of aryl methyl sites for hydroxylation is 1. The van der Waals surface area contributed by atoms with E-state index in [9.17, 15) is 4.79 Å². The number of pyridine rings is 1. The zero-order chi connectivity index (χ0) is 11.9. The largest absolute Gasteiger partial charge is 0.475 e. The van der Waals surface area contributed by atoms with Crippen molar-refractivity contribution >= 4 is 17.3 Å². The van der Waals surface area contributed by atoms with E-state index in [0.717, 1.165) is 17.0 Å². The van der Waals surface area contributed by atoms with E-state index in [-0.39, 0.29) is 5.82 Å². The van der Waals surface area contributed by atoms with Crippen LogP contribution in [0.25, 0.3) is 5.52 Å². The number of carboxylic acid groups (broad SMARTS) is 1. The maximum atomic E-state index is 11.1. The highest BCUT2D eigenvalue weighted by atomic mass is 16.4. The number of aromatic carboxylic acids is 1. The van der Waals surface area contributed by atoms with Crippen molar-refractivity contribution in [1.29, 1.82) is 0 Å². The van der Waals surface area contributed by atoms with Crippen LogP contribution in [0.1, 0.15) is 16.3 Å². The first-order valence-electron chi connectivity index (χ1n) is 4.91. The van der Waals surface area contributed by atoms with Gasteiger partial charge >= 0.3 is 5.97 Å². The monoisotopic (exact) mass is 219 g/mol. The van der Waals surface area contributed by atoms with Crippen molar-refractivity contribution in [3.63, 3.8) is 0 Å². The van der Waals surface area contributed by atoms with Crippen LogP contribution in [0.5, 0.6) is 0 Å². The average Bonchev–Trinajstić information content (AvgIpc) is 2.56. The van der Waals surface area contributed by atoms with Crippen LogP contribution in [0.2, 0.25) is 0 Å². The maximum absolute atomic E-state index is 11.1. The Morgan fingerprint density at radius 3 is 2.69 bits per heavy atom. The first-order chi connectivity index (χ1) is 7.52. The first kappa shape index (κ1) is 10.5. The second-order valence-corrected chi connectivity index (χ2v) is 3.83. The molecule has 0 aliphatic rings. The van der Waals surface area contributed by atoms with Gasteiger partial charge in [-0.2, -0.15) is 0 Å². The molecule has 0 aliphatic heterocycles. The third-order valence-corrected chi connectivity index (χ3v) is 2.47. The Morgan fingerprint density at radius 1 is 1.44 bits per heavy atom. The van der Waals surface area contributed by atoms with Crippen LogP contribution in [0.4, 0.5) is 5.82 Å². The number of fused-ring (bicyclic) bond motifs is 1. The molecule has 0 saturated heterocycles. The number of hydrogen-bond acceptors (Lipinski definition) is 3. The highest BCUT2D eigenvalue weighted by Crippen LogP contribution is 2.20. The van der Waals surface area contributed by atoms with E-state index in [2.05, 4.69) is 4.98 Å². The van der Waals surface area contributed by atoms with E-state index in [4.69, 9.17) is 5.11 Å². The fourth-order valence-corrected chi connectivity index (χ4v) is 1.76. The summed E-state index contributed by atoms with van der Waals surface area (Å²) in [6.45, 7) is 1.81. The van der Waals surface area contributed by atoms with Crippen molar-refractivity contribution < 1.29 is 9.90 Å². The quantitative estimate of drug-likeness (QED) is 0.829. The third kappa shape index (κ3) is 1.41. The van der Waals surface area contributed by atoms with Gasteiger partial charge in [0.05, 0.1) is 11.2 Å². The Morgan fingerprint density at radius 2 is 2.12 bits per heavy atom. The standard InChI is InChI=1S/C11H13N3O2/c1-7-8-5-4-6-9(13(2)3)14(8)10(12-7)11(15)16/h4-6H,1-3H3,(H,15,16). The van der Waals surface area contributed by atoms with Crippen LogP contribution in [-0.4, -0.2) is 34.6 Å². The lowest BCUT2D eigenvalue weighted by Crippen LogP contribution is -2.15. The molecule has 5 nitrogen and oxygen atoms in total. The summed E-state index contributed by atoms with van der Waals surface area (Å²) in [5, 5.41) is 9.10. The molecular formula is C11H13N3O2. The minimum atomic E-state index is -1.02. The topological polar surface area (TPSA) is 57.8 Å². The lowest BCUT2D eigenvalue weighted by Gasteiger charge is -2.15. The van der Waals surface area contributed by atoms with Gasteiger partial charge in [-0.1, -0.05) is 6.07 Å². The zero-order valence-corrected chi connectivity index (χ0v) is 9.43. The zero-order valence-electron chi connectivity index (χ0n) is 9.43. The van der Waals surface area contributed by atoms with Gasteiger partial charge in [-0.15, -0.1) is 0 Å². The predicted molar refractivity (Wildman–Crippen MR) is 61.2 cm³/mol. The number of rotatable bonds is 2. The number of hydrogen-bond donors (Lipinski definition) is 1. The van der Waals surface area contributed by atoms with E-state index >= 15 is 0 Å². The van der Waals surface area contributed by atoms with Crippen LogP contribution < -0.4 is 4.90 Å². The van der Waals surface area contributed by atoms with Gasteiger partial charge in [0.15, 0.2) is 0 Å². The first-order valence-corrected chi connectivity index (χ1v) is 4.91. The lowest BCUT2D eigenvalue weighted by atomic mass is 10.3. The molecule has 0 radical (unpaired) electrons. The molecule has 0 bridgehead atoms. The summed E-state index contributed by atoms with van der Waals surface area (Å²) < 4.78 is 1.65. The lowest BCUT2D eigenvalue weighted by molar-refractivity contribution is 0.0683. The molecule has 5 heteroatoms. The SMILES string of the molecule is Cc1nc(C(=O)O)n2c(N(C)C)cccc12. The van der Waals surface area contributed by atoms with Crippen molar-refractivity contribution in [1.82, 2.24) is 9.38 Å². The van der Waals surface area contributed by atoms with Crippen LogP contribution in [0.15, 0.2) is 18.2 Å². The molecule has 2 rings (SSSR count). The molecule has 0 amide bonds. The second-order valence-electron chi connectivity index (χ2n) is 3.83. The van der Waals surface area contributed by atoms with Crippen LogP contribution in [0, 0.1) is 6.92 Å². The van der Waals surface area contributed by atoms with Crippen molar-refractivity contribution in [2.24, 2.45) is 0 Å². The fraction of sp³-hybridized carbons (Fsp3) is 0.273. The van der Waals surface area contributed by atoms with E-state index < -0.39 is 5.97 Å². The van der Waals surface area contributed by atoms with E-state index in [1.807, 2.05) is 37.2 Å². The van der Waals surface area contributed by atoms with Gasteiger partial charge in [-0.05, 0) is 19.1 Å². The van der Waals surface area contributed by atoms with Crippen LogP contribution in [0.3, 0.4) is 0 Å². The van der Waals surface area contributed by atoms with Crippen molar-refractivity contribution in [3.05, 3.63) is 29.7 Å². The average molecular weight is 219 g/mol. The van der Waals surface area contributed by atoms with Gasteiger partial charge < -0.3 is 10.0 Å². The molecule has 84 valence electrons. The van der Waals surface area contributed by atoms with Gasteiger partial charge in [-0.25, -0.2) is 9.78 Å². The Bertz CT molecular complexity index is 558.